The number of hydrogen-bond donors (Lipinski definition) is 1. The molecular weight excluding hydrogens is 272 g/mol. The summed E-state index contributed by atoms with van der Waals surface area (Å²) in [5, 5.41) is 12.7. The predicted molar refractivity (Wildman–Crippen MR) is 79.6 cm³/mol. The van der Waals surface area contributed by atoms with Gasteiger partial charge in [-0.15, -0.1) is 0 Å². The molecule has 1 fully saturated rings. The van der Waals surface area contributed by atoms with E-state index in [-0.39, 0.29) is 11.8 Å². The summed E-state index contributed by atoms with van der Waals surface area (Å²) in [6, 6.07) is 7.07. The molecule has 2 rings (SSSR count). The van der Waals surface area contributed by atoms with Gasteiger partial charge >= 0.3 is 0 Å². The van der Waals surface area contributed by atoms with E-state index in [1.54, 1.807) is 18.2 Å². The summed E-state index contributed by atoms with van der Waals surface area (Å²) in [7, 11) is 0. The maximum atomic E-state index is 12.2. The molecule has 0 spiro atoms. The zero-order valence-electron chi connectivity index (χ0n) is 11.7. The first-order valence-electron chi connectivity index (χ1n) is 7.08. The molecule has 0 heterocycles. The van der Waals surface area contributed by atoms with Gasteiger partial charge in [0.25, 0.3) is 5.91 Å². The van der Waals surface area contributed by atoms with E-state index in [2.05, 4.69) is 11.4 Å². The van der Waals surface area contributed by atoms with Gasteiger partial charge in [-0.1, -0.05) is 30.9 Å². The van der Waals surface area contributed by atoms with Crippen molar-refractivity contribution in [2.75, 3.05) is 0 Å². The van der Waals surface area contributed by atoms with Crippen molar-refractivity contribution in [2.45, 2.75) is 45.1 Å². The Morgan fingerprint density at radius 2 is 2.05 bits per heavy atom. The lowest BCUT2D eigenvalue weighted by Gasteiger charge is -2.26. The van der Waals surface area contributed by atoms with Gasteiger partial charge in [-0.2, -0.15) is 5.26 Å². The Kier molecular flexibility index (Phi) is 5.03. The van der Waals surface area contributed by atoms with Crippen molar-refractivity contribution in [3.8, 4) is 6.07 Å². The molecule has 1 amide bonds. The van der Waals surface area contributed by atoms with Crippen LogP contribution >= 0.6 is 11.6 Å². The number of hydrogen-bond acceptors (Lipinski definition) is 2. The van der Waals surface area contributed by atoms with Gasteiger partial charge in [0.05, 0.1) is 6.07 Å². The van der Waals surface area contributed by atoms with Crippen LogP contribution in [0.5, 0.6) is 0 Å². The first-order valence-corrected chi connectivity index (χ1v) is 7.45. The van der Waals surface area contributed by atoms with E-state index >= 15 is 0 Å². The minimum atomic E-state index is -0.401. The predicted octanol–water partition coefficient (Wildman–Crippen LogP) is 3.85. The van der Waals surface area contributed by atoms with Gasteiger partial charge in [-0.05, 0) is 49.4 Å². The van der Waals surface area contributed by atoms with Crippen LogP contribution < -0.4 is 5.32 Å². The number of nitrogens with zero attached hydrogens (tertiary/aromatic N) is 1. The summed E-state index contributed by atoms with van der Waals surface area (Å²) in [5.41, 5.74) is 1.46. The molecule has 1 unspecified atom stereocenters. The molecule has 106 valence electrons. The fraction of sp³-hybridized carbons (Fsp3) is 0.500. The molecule has 1 aromatic carbocycles. The maximum absolute atomic E-state index is 12.2. The second-order valence-corrected chi connectivity index (χ2v) is 5.93. The van der Waals surface area contributed by atoms with E-state index in [0.29, 0.717) is 10.6 Å². The quantitative estimate of drug-likeness (QED) is 0.919. The maximum Gasteiger partial charge on any atom is 0.252 e. The second-order valence-electron chi connectivity index (χ2n) is 5.50. The van der Waals surface area contributed by atoms with Crippen LogP contribution in [0, 0.1) is 24.2 Å². The van der Waals surface area contributed by atoms with Gasteiger partial charge < -0.3 is 5.32 Å². The first kappa shape index (κ1) is 14.9. The minimum absolute atomic E-state index is 0.215. The van der Waals surface area contributed by atoms with Gasteiger partial charge in [0.1, 0.15) is 6.04 Å². The number of benzene rings is 1. The van der Waals surface area contributed by atoms with Crippen LogP contribution in [-0.4, -0.2) is 11.9 Å². The molecular formula is C16H19ClN2O. The van der Waals surface area contributed by atoms with Crippen LogP contribution in [0.25, 0.3) is 0 Å². The monoisotopic (exact) mass is 290 g/mol. The highest BCUT2D eigenvalue weighted by atomic mass is 35.5. The summed E-state index contributed by atoms with van der Waals surface area (Å²) in [4.78, 5) is 12.2. The summed E-state index contributed by atoms with van der Waals surface area (Å²) in [6.07, 6.45) is 5.57. The molecule has 1 N–H and O–H groups in total. The van der Waals surface area contributed by atoms with Crippen LogP contribution in [0.2, 0.25) is 5.02 Å². The van der Waals surface area contributed by atoms with E-state index in [0.717, 1.165) is 31.2 Å². The molecule has 20 heavy (non-hydrogen) atoms. The Bertz CT molecular complexity index is 510. The molecule has 1 aliphatic rings. The third kappa shape index (κ3) is 3.74. The van der Waals surface area contributed by atoms with E-state index in [1.165, 1.54) is 6.42 Å². The van der Waals surface area contributed by atoms with Gasteiger partial charge in [-0.3, -0.25) is 4.79 Å². The summed E-state index contributed by atoms with van der Waals surface area (Å²) in [5.74, 6) is 0.0608. The van der Waals surface area contributed by atoms with Crippen LogP contribution in [0.4, 0.5) is 0 Å². The van der Waals surface area contributed by atoms with Gasteiger partial charge in [0.15, 0.2) is 0 Å². The van der Waals surface area contributed by atoms with Crippen molar-refractivity contribution < 1.29 is 4.79 Å². The molecule has 1 aliphatic carbocycles. The highest BCUT2D eigenvalue weighted by molar-refractivity contribution is 6.31. The van der Waals surface area contributed by atoms with E-state index in [9.17, 15) is 10.1 Å². The molecule has 0 aromatic heterocycles. The number of rotatable bonds is 3. The standard InChI is InChI=1S/C16H19ClN2O/c1-11-7-13(9-14(17)8-11)16(20)19-15(10-18)12-5-3-2-4-6-12/h7-9,12,15H,2-6H2,1H3,(H,19,20). The lowest BCUT2D eigenvalue weighted by molar-refractivity contribution is 0.0929. The van der Waals surface area contributed by atoms with Crippen LogP contribution in [0.3, 0.4) is 0 Å². The number of carbonyl (C=O) groups excluding carboxylic acids is 1. The van der Waals surface area contributed by atoms with Gasteiger partial charge in [0, 0.05) is 10.6 Å². The van der Waals surface area contributed by atoms with Crippen LogP contribution in [-0.2, 0) is 0 Å². The van der Waals surface area contributed by atoms with Gasteiger partial charge in [0.2, 0.25) is 0 Å². The molecule has 0 radical (unpaired) electrons. The topological polar surface area (TPSA) is 52.9 Å². The fourth-order valence-corrected chi connectivity index (χ4v) is 3.10. The number of nitrogens with one attached hydrogen (secondary N) is 1. The average Bonchev–Trinajstić information content (AvgIpc) is 2.44. The largest absolute Gasteiger partial charge is 0.336 e. The second kappa shape index (κ2) is 6.76. The summed E-state index contributed by atoms with van der Waals surface area (Å²) >= 11 is 5.97. The Morgan fingerprint density at radius 3 is 2.65 bits per heavy atom. The zero-order valence-corrected chi connectivity index (χ0v) is 12.4. The smallest absolute Gasteiger partial charge is 0.252 e. The molecule has 1 aromatic rings. The molecule has 3 nitrogen and oxygen atoms in total. The molecule has 1 saturated carbocycles. The highest BCUT2D eigenvalue weighted by Gasteiger charge is 2.25. The third-order valence-corrected chi connectivity index (χ3v) is 4.07. The van der Waals surface area contributed by atoms with Crippen LogP contribution in [0.15, 0.2) is 18.2 Å². The van der Waals surface area contributed by atoms with Crippen molar-refractivity contribution in [1.29, 1.82) is 5.26 Å². The number of aryl methyl sites for hydroxylation is 1. The highest BCUT2D eigenvalue weighted by Crippen LogP contribution is 2.26. The molecule has 1 atom stereocenters. The lowest BCUT2D eigenvalue weighted by atomic mass is 9.84. The summed E-state index contributed by atoms with van der Waals surface area (Å²) < 4.78 is 0. The number of halogens is 1. The van der Waals surface area contributed by atoms with Crippen molar-refractivity contribution >= 4 is 17.5 Å². The zero-order chi connectivity index (χ0) is 14.5. The van der Waals surface area contributed by atoms with E-state index < -0.39 is 6.04 Å². The number of amides is 1. The first-order chi connectivity index (χ1) is 9.60. The average molecular weight is 291 g/mol. The van der Waals surface area contributed by atoms with E-state index in [4.69, 9.17) is 11.6 Å². The fourth-order valence-electron chi connectivity index (χ4n) is 2.82. The van der Waals surface area contributed by atoms with Crippen molar-refractivity contribution in [1.82, 2.24) is 5.32 Å². The minimum Gasteiger partial charge on any atom is -0.336 e. The Labute approximate surface area is 124 Å². The Balaban J connectivity index is 2.07. The molecule has 0 bridgehead atoms. The SMILES string of the molecule is Cc1cc(Cl)cc(C(=O)NC(C#N)C2CCCCC2)c1. The Hall–Kier alpha value is -1.53. The Morgan fingerprint density at radius 1 is 1.35 bits per heavy atom. The lowest BCUT2D eigenvalue weighted by Crippen LogP contribution is -2.40. The molecule has 0 saturated heterocycles. The van der Waals surface area contributed by atoms with Crippen molar-refractivity contribution in [3.05, 3.63) is 34.3 Å². The number of carbonyl (C=O) groups is 1. The number of nitriles is 1. The van der Waals surface area contributed by atoms with Crippen LogP contribution in [0.1, 0.15) is 48.0 Å². The van der Waals surface area contributed by atoms with Crippen molar-refractivity contribution in [3.63, 3.8) is 0 Å². The molecule has 0 aliphatic heterocycles. The van der Waals surface area contributed by atoms with Crippen molar-refractivity contribution in [2.24, 2.45) is 5.92 Å². The normalized spacial score (nSPS) is 17.2. The molecule has 4 heteroatoms. The van der Waals surface area contributed by atoms with E-state index in [1.807, 2.05) is 6.92 Å². The van der Waals surface area contributed by atoms with Gasteiger partial charge in [-0.25, -0.2) is 0 Å². The third-order valence-electron chi connectivity index (χ3n) is 3.85. The summed E-state index contributed by atoms with van der Waals surface area (Å²) in [6.45, 7) is 1.89.